The van der Waals surface area contributed by atoms with Crippen molar-refractivity contribution in [2.45, 2.75) is 11.0 Å². The molecule has 1 aromatic heterocycles. The predicted molar refractivity (Wildman–Crippen MR) is 90.8 cm³/mol. The molecule has 122 valence electrons. The molecule has 0 fully saturated rings. The van der Waals surface area contributed by atoms with E-state index in [9.17, 15) is 4.79 Å². The molecule has 1 heterocycles. The molecule has 3 rings (SSSR count). The monoisotopic (exact) mass is 341 g/mol. The normalized spacial score (nSPS) is 10.5. The molecule has 0 aliphatic rings. The average molecular weight is 341 g/mol. The molecule has 0 spiro atoms. The summed E-state index contributed by atoms with van der Waals surface area (Å²) < 4.78 is 11.0. The van der Waals surface area contributed by atoms with Crippen LogP contribution >= 0.6 is 11.8 Å². The van der Waals surface area contributed by atoms with E-state index in [0.717, 1.165) is 11.1 Å². The lowest BCUT2D eigenvalue weighted by atomic mass is 10.1. The zero-order valence-corrected chi connectivity index (χ0v) is 13.7. The molecule has 0 unspecified atom stereocenters. The Labute approximate surface area is 143 Å². The number of amides is 1. The number of nitrogens with two attached hydrogens (primary N) is 1. The number of primary amides is 1. The fourth-order valence-corrected chi connectivity index (χ4v) is 2.83. The van der Waals surface area contributed by atoms with Crippen LogP contribution in [0.3, 0.4) is 0 Å². The summed E-state index contributed by atoms with van der Waals surface area (Å²) in [4.78, 5) is 11.1. The Morgan fingerprint density at radius 1 is 1.17 bits per heavy atom. The Morgan fingerprint density at radius 3 is 2.62 bits per heavy atom. The van der Waals surface area contributed by atoms with Crippen molar-refractivity contribution in [1.29, 1.82) is 0 Å². The highest BCUT2D eigenvalue weighted by molar-refractivity contribution is 7.98. The van der Waals surface area contributed by atoms with Crippen LogP contribution in [-0.2, 0) is 5.75 Å². The summed E-state index contributed by atoms with van der Waals surface area (Å²) in [5.41, 5.74) is 7.49. The van der Waals surface area contributed by atoms with E-state index in [-0.39, 0.29) is 0 Å². The Kier molecular flexibility index (Phi) is 4.81. The minimum atomic E-state index is -0.437. The number of hydrogen-bond acceptors (Lipinski definition) is 6. The van der Waals surface area contributed by atoms with Crippen molar-refractivity contribution in [2.24, 2.45) is 5.73 Å². The third-order valence-electron chi connectivity index (χ3n) is 3.34. The van der Waals surface area contributed by atoms with Crippen molar-refractivity contribution < 1.29 is 13.9 Å². The van der Waals surface area contributed by atoms with Crippen LogP contribution in [0.25, 0.3) is 11.5 Å². The SMILES string of the molecule is COc1ccccc1-c1nnc(SCc2ccc(C(N)=O)cc2)o1. The lowest BCUT2D eigenvalue weighted by Gasteiger charge is -2.03. The Balaban J connectivity index is 1.69. The van der Waals surface area contributed by atoms with Crippen LogP contribution < -0.4 is 10.5 Å². The number of methoxy groups -OCH3 is 1. The number of para-hydroxylation sites is 1. The number of thioether (sulfide) groups is 1. The van der Waals surface area contributed by atoms with Gasteiger partial charge in [-0.2, -0.15) is 0 Å². The second kappa shape index (κ2) is 7.18. The van der Waals surface area contributed by atoms with Crippen LogP contribution in [0, 0.1) is 0 Å². The third kappa shape index (κ3) is 3.57. The minimum Gasteiger partial charge on any atom is -0.496 e. The minimum absolute atomic E-state index is 0.416. The lowest BCUT2D eigenvalue weighted by molar-refractivity contribution is 0.100. The second-order valence-corrected chi connectivity index (χ2v) is 5.85. The van der Waals surface area contributed by atoms with Gasteiger partial charge in [0.15, 0.2) is 0 Å². The average Bonchev–Trinajstić information content (AvgIpc) is 3.09. The second-order valence-electron chi connectivity index (χ2n) is 4.92. The highest BCUT2D eigenvalue weighted by Crippen LogP contribution is 2.31. The Hall–Kier alpha value is -2.80. The van der Waals surface area contributed by atoms with Crippen LogP contribution in [0.4, 0.5) is 0 Å². The molecule has 0 aliphatic carbocycles. The van der Waals surface area contributed by atoms with Gasteiger partial charge in [-0.05, 0) is 29.8 Å². The number of carbonyl (C=O) groups is 1. The first-order valence-electron chi connectivity index (χ1n) is 7.16. The van der Waals surface area contributed by atoms with Crippen LogP contribution in [0.1, 0.15) is 15.9 Å². The van der Waals surface area contributed by atoms with Gasteiger partial charge in [0.2, 0.25) is 5.91 Å². The van der Waals surface area contributed by atoms with E-state index < -0.39 is 5.91 Å². The third-order valence-corrected chi connectivity index (χ3v) is 4.23. The van der Waals surface area contributed by atoms with Crippen molar-refractivity contribution in [3.63, 3.8) is 0 Å². The number of hydrogen-bond donors (Lipinski definition) is 1. The Morgan fingerprint density at radius 2 is 1.92 bits per heavy atom. The largest absolute Gasteiger partial charge is 0.496 e. The molecule has 6 nitrogen and oxygen atoms in total. The topological polar surface area (TPSA) is 91.2 Å². The van der Waals surface area contributed by atoms with E-state index >= 15 is 0 Å². The van der Waals surface area contributed by atoms with Gasteiger partial charge in [0.1, 0.15) is 5.75 Å². The fourth-order valence-electron chi connectivity index (χ4n) is 2.11. The molecule has 24 heavy (non-hydrogen) atoms. The molecule has 0 saturated carbocycles. The molecule has 0 aliphatic heterocycles. The van der Waals surface area contributed by atoms with Crippen LogP contribution in [0.15, 0.2) is 58.2 Å². The summed E-state index contributed by atoms with van der Waals surface area (Å²) in [6.07, 6.45) is 0. The van der Waals surface area contributed by atoms with Crippen LogP contribution in [0.2, 0.25) is 0 Å². The molecule has 1 amide bonds. The first-order chi connectivity index (χ1) is 11.7. The molecule has 3 aromatic rings. The van der Waals surface area contributed by atoms with Gasteiger partial charge in [0.25, 0.3) is 11.1 Å². The first kappa shape index (κ1) is 16.1. The van der Waals surface area contributed by atoms with Gasteiger partial charge in [-0.25, -0.2) is 0 Å². The van der Waals surface area contributed by atoms with Gasteiger partial charge in [-0.3, -0.25) is 4.79 Å². The quantitative estimate of drug-likeness (QED) is 0.693. The maximum Gasteiger partial charge on any atom is 0.277 e. The molecule has 0 bridgehead atoms. The van der Waals surface area contributed by atoms with E-state index in [4.69, 9.17) is 14.9 Å². The molecule has 0 saturated heterocycles. The summed E-state index contributed by atoms with van der Waals surface area (Å²) >= 11 is 1.42. The number of nitrogens with zero attached hydrogens (tertiary/aromatic N) is 2. The highest BCUT2D eigenvalue weighted by Gasteiger charge is 2.13. The van der Waals surface area contributed by atoms with Crippen LogP contribution in [-0.4, -0.2) is 23.2 Å². The summed E-state index contributed by atoms with van der Waals surface area (Å²) in [6.45, 7) is 0. The lowest BCUT2D eigenvalue weighted by Crippen LogP contribution is -2.10. The van der Waals surface area contributed by atoms with Gasteiger partial charge >= 0.3 is 0 Å². The number of rotatable bonds is 6. The summed E-state index contributed by atoms with van der Waals surface area (Å²) in [6, 6.07) is 14.6. The van der Waals surface area contributed by atoms with Crippen molar-refractivity contribution >= 4 is 17.7 Å². The number of aromatic nitrogens is 2. The molecular formula is C17H15N3O3S. The van der Waals surface area contributed by atoms with Crippen molar-refractivity contribution in [3.8, 4) is 17.2 Å². The van der Waals surface area contributed by atoms with Gasteiger partial charge in [0, 0.05) is 11.3 Å². The predicted octanol–water partition coefficient (Wildman–Crippen LogP) is 3.14. The van der Waals surface area contributed by atoms with Gasteiger partial charge in [-0.1, -0.05) is 36.0 Å². The molecular weight excluding hydrogens is 326 g/mol. The van der Waals surface area contributed by atoms with Crippen molar-refractivity contribution in [2.75, 3.05) is 7.11 Å². The smallest absolute Gasteiger partial charge is 0.277 e. The van der Waals surface area contributed by atoms with Gasteiger partial charge in [0.05, 0.1) is 12.7 Å². The zero-order valence-electron chi connectivity index (χ0n) is 12.9. The fraction of sp³-hybridized carbons (Fsp3) is 0.118. The molecule has 0 radical (unpaired) electrons. The summed E-state index contributed by atoms with van der Waals surface area (Å²) in [5.74, 6) is 1.30. The molecule has 7 heteroatoms. The number of carbonyl (C=O) groups excluding carboxylic acids is 1. The molecule has 2 aromatic carbocycles. The van der Waals surface area contributed by atoms with Crippen LogP contribution in [0.5, 0.6) is 5.75 Å². The molecule has 2 N–H and O–H groups in total. The van der Waals surface area contributed by atoms with E-state index in [1.54, 1.807) is 19.2 Å². The van der Waals surface area contributed by atoms with Gasteiger partial charge in [-0.15, -0.1) is 10.2 Å². The molecule has 0 atom stereocenters. The first-order valence-corrected chi connectivity index (χ1v) is 8.14. The van der Waals surface area contributed by atoms with E-state index in [0.29, 0.717) is 28.2 Å². The zero-order chi connectivity index (χ0) is 16.9. The van der Waals surface area contributed by atoms with Gasteiger partial charge < -0.3 is 14.9 Å². The van der Waals surface area contributed by atoms with Crippen molar-refractivity contribution in [1.82, 2.24) is 10.2 Å². The summed E-state index contributed by atoms with van der Waals surface area (Å²) in [7, 11) is 1.60. The number of benzene rings is 2. The standard InChI is InChI=1S/C17H15N3O3S/c1-22-14-5-3-2-4-13(14)16-19-20-17(23-16)24-10-11-6-8-12(9-7-11)15(18)21/h2-9H,10H2,1H3,(H2,18,21). The van der Waals surface area contributed by atoms with E-state index in [1.807, 2.05) is 36.4 Å². The number of ether oxygens (including phenoxy) is 1. The highest BCUT2D eigenvalue weighted by atomic mass is 32.2. The van der Waals surface area contributed by atoms with E-state index in [1.165, 1.54) is 11.8 Å². The summed E-state index contributed by atoms with van der Waals surface area (Å²) in [5, 5.41) is 8.58. The maximum atomic E-state index is 11.1. The maximum absolute atomic E-state index is 11.1. The van der Waals surface area contributed by atoms with E-state index in [2.05, 4.69) is 10.2 Å². The Bertz CT molecular complexity index is 846. The van der Waals surface area contributed by atoms with Crippen molar-refractivity contribution in [3.05, 3.63) is 59.7 Å².